The smallest absolute Gasteiger partial charge is 0.244 e. The van der Waals surface area contributed by atoms with Gasteiger partial charge in [0.05, 0.1) is 4.90 Å². The van der Waals surface area contributed by atoms with Crippen molar-refractivity contribution in [3.8, 4) is 0 Å². The zero-order valence-electron chi connectivity index (χ0n) is 18.0. The number of carbonyl (C=O) groups excluding carboxylic acids is 2. The number of pyridine rings is 1. The van der Waals surface area contributed by atoms with E-state index in [0.29, 0.717) is 24.3 Å². The number of sulfonamides is 1. The molecule has 170 valence electrons. The summed E-state index contributed by atoms with van der Waals surface area (Å²) in [6.07, 6.45) is 2.50. The number of amides is 2. The second kappa shape index (κ2) is 9.51. The highest BCUT2D eigenvalue weighted by molar-refractivity contribution is 7.89. The number of aryl methyl sites for hydroxylation is 2. The van der Waals surface area contributed by atoms with Gasteiger partial charge in [-0.15, -0.1) is 0 Å². The van der Waals surface area contributed by atoms with Crippen LogP contribution in [0.2, 0.25) is 0 Å². The standard InChI is InChI=1S/C24H24N4O4S/c1-16-11-12-25-22(13-16)27-24(30)21(14-17-5-3-2-4-6-17)28-33(31,32)19-8-9-20-18(15-19)7-10-23(29)26-20/h2-6,8-9,11-13,15,21,28H,7,10,14H2,1H3,(H,26,29)(H,25,27,30)/t21-/m0/s1. The Balaban J connectivity index is 1.59. The third-order valence-corrected chi connectivity index (χ3v) is 6.82. The summed E-state index contributed by atoms with van der Waals surface area (Å²) in [7, 11) is -4.02. The zero-order valence-corrected chi connectivity index (χ0v) is 18.9. The number of hydrogen-bond donors (Lipinski definition) is 3. The van der Waals surface area contributed by atoms with E-state index >= 15 is 0 Å². The molecular weight excluding hydrogens is 440 g/mol. The fourth-order valence-electron chi connectivity index (χ4n) is 3.64. The Kier molecular flexibility index (Phi) is 6.52. The average Bonchev–Trinajstić information content (AvgIpc) is 2.79. The SMILES string of the molecule is Cc1ccnc(NC(=O)[C@H](Cc2ccccc2)NS(=O)(=O)c2ccc3c(c2)CCC(=O)N3)c1. The number of fused-ring (bicyclic) bond motifs is 1. The molecule has 0 spiro atoms. The summed E-state index contributed by atoms with van der Waals surface area (Å²) >= 11 is 0. The van der Waals surface area contributed by atoms with Crippen molar-refractivity contribution < 1.29 is 18.0 Å². The topological polar surface area (TPSA) is 117 Å². The van der Waals surface area contributed by atoms with Crippen LogP contribution in [-0.2, 0) is 32.5 Å². The van der Waals surface area contributed by atoms with Gasteiger partial charge in [-0.25, -0.2) is 13.4 Å². The molecule has 3 aromatic rings. The van der Waals surface area contributed by atoms with E-state index in [1.165, 1.54) is 12.1 Å². The van der Waals surface area contributed by atoms with Crippen molar-refractivity contribution in [2.75, 3.05) is 10.6 Å². The molecule has 0 bridgehead atoms. The van der Waals surface area contributed by atoms with Gasteiger partial charge in [0.15, 0.2) is 0 Å². The summed E-state index contributed by atoms with van der Waals surface area (Å²) < 4.78 is 29.0. The highest BCUT2D eigenvalue weighted by atomic mass is 32.2. The Hall–Kier alpha value is -3.56. The van der Waals surface area contributed by atoms with Crippen molar-refractivity contribution in [2.45, 2.75) is 37.1 Å². The molecule has 1 aromatic heterocycles. The van der Waals surface area contributed by atoms with Gasteiger partial charge < -0.3 is 10.6 Å². The van der Waals surface area contributed by atoms with Crippen LogP contribution in [0.15, 0.2) is 71.8 Å². The largest absolute Gasteiger partial charge is 0.326 e. The Morgan fingerprint density at radius 3 is 2.64 bits per heavy atom. The summed E-state index contributed by atoms with van der Waals surface area (Å²) in [6.45, 7) is 1.88. The number of carbonyl (C=O) groups is 2. The maximum atomic E-state index is 13.2. The van der Waals surface area contributed by atoms with E-state index in [4.69, 9.17) is 0 Å². The number of nitrogens with zero attached hydrogens (tertiary/aromatic N) is 1. The van der Waals surface area contributed by atoms with Gasteiger partial charge in [-0.3, -0.25) is 9.59 Å². The Morgan fingerprint density at radius 2 is 1.88 bits per heavy atom. The van der Waals surface area contributed by atoms with E-state index in [0.717, 1.165) is 16.7 Å². The van der Waals surface area contributed by atoms with Crippen molar-refractivity contribution in [1.82, 2.24) is 9.71 Å². The fraction of sp³-hybridized carbons (Fsp3) is 0.208. The number of hydrogen-bond acceptors (Lipinski definition) is 5. The van der Waals surface area contributed by atoms with E-state index < -0.39 is 22.0 Å². The third kappa shape index (κ3) is 5.63. The Labute approximate surface area is 192 Å². The lowest BCUT2D eigenvalue weighted by molar-refractivity contribution is -0.118. The predicted octanol–water partition coefficient (Wildman–Crippen LogP) is 2.80. The van der Waals surface area contributed by atoms with Crippen LogP contribution < -0.4 is 15.4 Å². The molecule has 33 heavy (non-hydrogen) atoms. The zero-order chi connectivity index (χ0) is 23.4. The molecule has 1 aliphatic rings. The molecule has 1 atom stereocenters. The number of aromatic nitrogens is 1. The molecule has 4 rings (SSSR count). The van der Waals surface area contributed by atoms with Gasteiger partial charge in [0.2, 0.25) is 21.8 Å². The molecule has 3 N–H and O–H groups in total. The van der Waals surface area contributed by atoms with E-state index in [9.17, 15) is 18.0 Å². The van der Waals surface area contributed by atoms with Gasteiger partial charge in [0, 0.05) is 18.3 Å². The Bertz CT molecular complexity index is 1290. The van der Waals surface area contributed by atoms with E-state index in [1.807, 2.05) is 37.3 Å². The minimum atomic E-state index is -4.02. The van der Waals surface area contributed by atoms with E-state index in [1.54, 1.807) is 24.4 Å². The number of rotatable bonds is 7. The van der Waals surface area contributed by atoms with Crippen LogP contribution in [0.1, 0.15) is 23.1 Å². The monoisotopic (exact) mass is 464 g/mol. The molecule has 0 aliphatic carbocycles. The van der Waals surface area contributed by atoms with Crippen molar-refractivity contribution in [1.29, 1.82) is 0 Å². The molecule has 2 aromatic carbocycles. The molecule has 0 saturated carbocycles. The summed E-state index contributed by atoms with van der Waals surface area (Å²) in [5.74, 6) is -0.256. The first kappa shape index (κ1) is 22.6. The lowest BCUT2D eigenvalue weighted by Gasteiger charge is -2.20. The van der Waals surface area contributed by atoms with Crippen molar-refractivity contribution in [3.63, 3.8) is 0 Å². The van der Waals surface area contributed by atoms with Crippen molar-refractivity contribution >= 4 is 33.3 Å². The summed E-state index contributed by atoms with van der Waals surface area (Å²) in [6, 6.07) is 16.2. The van der Waals surface area contributed by atoms with Gasteiger partial charge in [0.1, 0.15) is 11.9 Å². The van der Waals surface area contributed by atoms with Crippen molar-refractivity contribution in [3.05, 3.63) is 83.6 Å². The first-order valence-electron chi connectivity index (χ1n) is 10.5. The first-order valence-corrected chi connectivity index (χ1v) is 12.0. The molecular formula is C24H24N4O4S. The van der Waals surface area contributed by atoms with Crippen LogP contribution in [0, 0.1) is 6.92 Å². The van der Waals surface area contributed by atoms with E-state index in [-0.39, 0.29) is 17.2 Å². The lowest BCUT2D eigenvalue weighted by atomic mass is 10.0. The van der Waals surface area contributed by atoms with Gasteiger partial charge in [-0.05, 0) is 66.8 Å². The minimum Gasteiger partial charge on any atom is -0.326 e. The summed E-state index contributed by atoms with van der Waals surface area (Å²) in [4.78, 5) is 28.8. The number of benzene rings is 2. The second-order valence-electron chi connectivity index (χ2n) is 7.94. The lowest BCUT2D eigenvalue weighted by Crippen LogP contribution is -2.45. The predicted molar refractivity (Wildman–Crippen MR) is 125 cm³/mol. The normalized spacial score (nSPS) is 14.2. The van der Waals surface area contributed by atoms with Gasteiger partial charge in [0.25, 0.3) is 0 Å². The number of nitrogens with one attached hydrogen (secondary N) is 3. The van der Waals surface area contributed by atoms with Crippen LogP contribution in [-0.4, -0.2) is 31.3 Å². The molecule has 8 nitrogen and oxygen atoms in total. The molecule has 0 saturated heterocycles. The van der Waals surface area contributed by atoms with E-state index in [2.05, 4.69) is 20.3 Å². The molecule has 1 aliphatic heterocycles. The van der Waals surface area contributed by atoms with Gasteiger partial charge in [-0.2, -0.15) is 4.72 Å². The highest BCUT2D eigenvalue weighted by Gasteiger charge is 2.27. The van der Waals surface area contributed by atoms with Gasteiger partial charge >= 0.3 is 0 Å². The Morgan fingerprint density at radius 1 is 1.09 bits per heavy atom. The summed E-state index contributed by atoms with van der Waals surface area (Å²) in [5.41, 5.74) is 3.08. The second-order valence-corrected chi connectivity index (χ2v) is 9.65. The van der Waals surface area contributed by atoms with Crippen LogP contribution in [0.3, 0.4) is 0 Å². The summed E-state index contributed by atoms with van der Waals surface area (Å²) in [5, 5.41) is 5.44. The quantitative estimate of drug-likeness (QED) is 0.497. The number of anilines is 2. The molecule has 9 heteroatoms. The fourth-order valence-corrected chi connectivity index (χ4v) is 4.88. The maximum Gasteiger partial charge on any atom is 0.244 e. The molecule has 0 fully saturated rings. The molecule has 0 radical (unpaired) electrons. The van der Waals surface area contributed by atoms with Crippen LogP contribution >= 0.6 is 0 Å². The van der Waals surface area contributed by atoms with Gasteiger partial charge in [-0.1, -0.05) is 30.3 Å². The molecule has 2 heterocycles. The molecule has 0 unspecified atom stereocenters. The average molecular weight is 465 g/mol. The van der Waals surface area contributed by atoms with Crippen LogP contribution in [0.5, 0.6) is 0 Å². The first-order chi connectivity index (χ1) is 15.8. The van der Waals surface area contributed by atoms with Crippen LogP contribution in [0.25, 0.3) is 0 Å². The van der Waals surface area contributed by atoms with Crippen LogP contribution in [0.4, 0.5) is 11.5 Å². The third-order valence-electron chi connectivity index (χ3n) is 5.35. The van der Waals surface area contributed by atoms with Crippen molar-refractivity contribution in [2.24, 2.45) is 0 Å². The maximum absolute atomic E-state index is 13.2. The minimum absolute atomic E-state index is 0.0388. The molecule has 2 amide bonds. The highest BCUT2D eigenvalue weighted by Crippen LogP contribution is 2.25.